The summed E-state index contributed by atoms with van der Waals surface area (Å²) in [7, 11) is 5.47. The average Bonchev–Trinajstić information content (AvgIpc) is 2.81. The average molecular weight is 486 g/mol. The maximum absolute atomic E-state index is 11.1. The number of allylic oxidation sites excluding steroid dienone is 2. The summed E-state index contributed by atoms with van der Waals surface area (Å²) in [6.45, 7) is 4.40. The van der Waals surface area contributed by atoms with Crippen LogP contribution < -0.4 is 0 Å². The summed E-state index contributed by atoms with van der Waals surface area (Å²) in [5, 5.41) is 8.86. The van der Waals surface area contributed by atoms with Crippen LogP contribution in [0.5, 0.6) is 0 Å². The van der Waals surface area contributed by atoms with E-state index in [1.54, 1.807) is 6.92 Å². The number of ether oxygens (including phenoxy) is 3. The maximum atomic E-state index is 11.1. The molecule has 0 saturated heterocycles. The van der Waals surface area contributed by atoms with E-state index >= 15 is 0 Å². The number of esters is 1. The van der Waals surface area contributed by atoms with Gasteiger partial charge < -0.3 is 24.2 Å². The molecule has 0 fully saturated rings. The number of carbonyl (C=O) groups excluding carboxylic acids is 1. The molecule has 0 aliphatic heterocycles. The van der Waals surface area contributed by atoms with E-state index in [-0.39, 0.29) is 17.9 Å². The second-order valence-electron chi connectivity index (χ2n) is 9.35. The van der Waals surface area contributed by atoms with Crippen LogP contribution in [0.25, 0.3) is 0 Å². The number of aliphatic carboxylic acids is 1. The van der Waals surface area contributed by atoms with Crippen LogP contribution in [0.2, 0.25) is 0 Å². The highest BCUT2D eigenvalue weighted by molar-refractivity contribution is 5.69. The molecule has 2 unspecified atom stereocenters. The quantitative estimate of drug-likeness (QED) is 0.110. The molecule has 0 spiro atoms. The molecule has 0 aliphatic carbocycles. The minimum atomic E-state index is -0.687. The number of methoxy groups -OCH3 is 1. The number of unbranched alkanes of at least 4 members (excludes halogenated alkanes) is 8. The van der Waals surface area contributed by atoms with Crippen molar-refractivity contribution >= 4 is 11.9 Å². The number of carboxylic acid groups (broad SMARTS) is 1. The fourth-order valence-electron chi connectivity index (χ4n) is 3.45. The molecule has 200 valence electrons. The van der Waals surface area contributed by atoms with E-state index in [0.717, 1.165) is 45.1 Å². The van der Waals surface area contributed by atoms with E-state index in [2.05, 4.69) is 21.8 Å². The minimum Gasteiger partial charge on any atom is -0.481 e. The van der Waals surface area contributed by atoms with Crippen molar-refractivity contribution in [2.24, 2.45) is 5.92 Å². The van der Waals surface area contributed by atoms with Gasteiger partial charge >= 0.3 is 11.9 Å². The molecule has 0 radical (unpaired) electrons. The van der Waals surface area contributed by atoms with Gasteiger partial charge in [-0.2, -0.15) is 0 Å². The fraction of sp³-hybridized carbons (Fsp3) is 0.852. The van der Waals surface area contributed by atoms with Crippen molar-refractivity contribution in [1.82, 2.24) is 4.90 Å². The molecule has 0 aromatic rings. The number of nitrogens with zero attached hydrogens (tertiary/aromatic N) is 1. The SMILES string of the molecule is COC(=O)CCCOCC(COCCCCCCCC/C=C\CCCCC(C)C(=O)O)N(C)C. The van der Waals surface area contributed by atoms with Crippen molar-refractivity contribution in [3.63, 3.8) is 0 Å². The van der Waals surface area contributed by atoms with E-state index in [1.165, 1.54) is 39.2 Å². The zero-order valence-electron chi connectivity index (χ0n) is 22.3. The first-order valence-corrected chi connectivity index (χ1v) is 13.1. The van der Waals surface area contributed by atoms with Crippen molar-refractivity contribution in [3.05, 3.63) is 12.2 Å². The van der Waals surface area contributed by atoms with E-state index < -0.39 is 5.97 Å². The summed E-state index contributed by atoms with van der Waals surface area (Å²) >= 11 is 0. The van der Waals surface area contributed by atoms with Gasteiger partial charge in [0.2, 0.25) is 0 Å². The predicted molar refractivity (Wildman–Crippen MR) is 137 cm³/mol. The molecule has 7 nitrogen and oxygen atoms in total. The second kappa shape index (κ2) is 23.3. The molecular weight excluding hydrogens is 434 g/mol. The number of hydrogen-bond donors (Lipinski definition) is 1. The molecule has 0 aromatic carbocycles. The summed E-state index contributed by atoms with van der Waals surface area (Å²) in [5.74, 6) is -1.10. The van der Waals surface area contributed by atoms with Crippen molar-refractivity contribution in [2.45, 2.75) is 96.4 Å². The summed E-state index contributed by atoms with van der Waals surface area (Å²) in [6, 6.07) is 0.222. The van der Waals surface area contributed by atoms with E-state index in [1.807, 2.05) is 14.1 Å². The predicted octanol–water partition coefficient (Wildman–Crippen LogP) is 5.47. The lowest BCUT2D eigenvalue weighted by atomic mass is 10.0. The molecule has 0 bridgehead atoms. The Hall–Kier alpha value is -1.44. The van der Waals surface area contributed by atoms with Crippen LogP contribution in [-0.2, 0) is 23.8 Å². The lowest BCUT2D eigenvalue weighted by Crippen LogP contribution is -2.37. The lowest BCUT2D eigenvalue weighted by molar-refractivity contribution is -0.142. The van der Waals surface area contributed by atoms with Crippen LogP contribution in [0.3, 0.4) is 0 Å². The Balaban J connectivity index is 3.48. The smallest absolute Gasteiger partial charge is 0.306 e. The third kappa shape index (κ3) is 21.1. The molecule has 0 aliphatic rings. The third-order valence-corrected chi connectivity index (χ3v) is 6.00. The van der Waals surface area contributed by atoms with E-state index in [9.17, 15) is 9.59 Å². The summed E-state index contributed by atoms with van der Waals surface area (Å²) in [5.41, 5.74) is 0. The van der Waals surface area contributed by atoms with Crippen LogP contribution in [0.15, 0.2) is 12.2 Å². The maximum Gasteiger partial charge on any atom is 0.306 e. The van der Waals surface area contributed by atoms with Gasteiger partial charge in [-0.05, 0) is 59.0 Å². The Bertz CT molecular complexity index is 523. The van der Waals surface area contributed by atoms with Crippen LogP contribution in [0.4, 0.5) is 0 Å². The fourth-order valence-corrected chi connectivity index (χ4v) is 3.45. The molecule has 0 rings (SSSR count). The molecule has 0 heterocycles. The Morgan fingerprint density at radius 3 is 1.91 bits per heavy atom. The first-order chi connectivity index (χ1) is 16.4. The molecule has 34 heavy (non-hydrogen) atoms. The van der Waals surface area contributed by atoms with Crippen LogP contribution in [-0.4, -0.2) is 75.6 Å². The monoisotopic (exact) mass is 485 g/mol. The molecule has 1 N–H and O–H groups in total. The third-order valence-electron chi connectivity index (χ3n) is 6.00. The molecular formula is C27H51NO6. The summed E-state index contributed by atoms with van der Waals surface area (Å²) in [6.07, 6.45) is 18.0. The Morgan fingerprint density at radius 1 is 0.824 bits per heavy atom. The van der Waals surface area contributed by atoms with Crippen LogP contribution >= 0.6 is 0 Å². The van der Waals surface area contributed by atoms with Gasteiger partial charge in [0.25, 0.3) is 0 Å². The van der Waals surface area contributed by atoms with Crippen molar-refractivity contribution in [2.75, 3.05) is 47.6 Å². The van der Waals surface area contributed by atoms with E-state index in [4.69, 9.17) is 14.6 Å². The van der Waals surface area contributed by atoms with Gasteiger partial charge in [0.05, 0.1) is 32.3 Å². The molecule has 7 heteroatoms. The van der Waals surface area contributed by atoms with Gasteiger partial charge in [-0.25, -0.2) is 0 Å². The van der Waals surface area contributed by atoms with Crippen LogP contribution in [0, 0.1) is 5.92 Å². The zero-order valence-corrected chi connectivity index (χ0v) is 22.3. The first-order valence-electron chi connectivity index (χ1n) is 13.1. The van der Waals surface area contributed by atoms with Crippen molar-refractivity contribution < 1.29 is 28.9 Å². The lowest BCUT2D eigenvalue weighted by Gasteiger charge is -2.24. The standard InChI is InChI=1S/C27H51NO6/c1-24(27(30)31)18-15-13-11-9-7-5-6-8-10-12-14-16-20-33-22-25(28(2)3)23-34-21-17-19-26(29)32-4/h7,9,24-25H,5-6,8,10-23H2,1-4H3,(H,30,31)/b9-7-. The van der Waals surface area contributed by atoms with Gasteiger partial charge in [0.1, 0.15) is 0 Å². The molecule has 0 saturated carbocycles. The Labute approximate surface area is 208 Å². The Morgan fingerprint density at radius 2 is 1.35 bits per heavy atom. The normalized spacial score (nSPS) is 13.4. The number of carbonyl (C=O) groups is 2. The molecule has 0 amide bonds. The second-order valence-corrected chi connectivity index (χ2v) is 9.35. The number of likely N-dealkylation sites (N-methyl/N-ethyl adjacent to an activating group) is 1. The minimum absolute atomic E-state index is 0.194. The van der Waals surface area contributed by atoms with Crippen molar-refractivity contribution in [1.29, 1.82) is 0 Å². The van der Waals surface area contributed by atoms with Crippen molar-refractivity contribution in [3.8, 4) is 0 Å². The highest BCUT2D eigenvalue weighted by Gasteiger charge is 2.12. The Kier molecular flexibility index (Phi) is 22.3. The number of rotatable bonds is 24. The summed E-state index contributed by atoms with van der Waals surface area (Å²) < 4.78 is 16.2. The zero-order chi connectivity index (χ0) is 25.4. The van der Waals surface area contributed by atoms with Crippen LogP contribution in [0.1, 0.15) is 90.4 Å². The molecule has 0 aromatic heterocycles. The topological polar surface area (TPSA) is 85.3 Å². The van der Waals surface area contributed by atoms with Gasteiger partial charge in [-0.1, -0.05) is 51.2 Å². The molecule has 2 atom stereocenters. The summed E-state index contributed by atoms with van der Waals surface area (Å²) in [4.78, 5) is 24.0. The number of hydrogen-bond acceptors (Lipinski definition) is 6. The van der Waals surface area contributed by atoms with Gasteiger partial charge in [-0.3, -0.25) is 9.59 Å². The number of carboxylic acids is 1. The van der Waals surface area contributed by atoms with E-state index in [0.29, 0.717) is 32.7 Å². The highest BCUT2D eigenvalue weighted by atomic mass is 16.5. The highest BCUT2D eigenvalue weighted by Crippen LogP contribution is 2.11. The van der Waals surface area contributed by atoms with Gasteiger partial charge in [0.15, 0.2) is 0 Å². The first kappa shape index (κ1) is 32.6. The van der Waals surface area contributed by atoms with Gasteiger partial charge in [0, 0.05) is 19.6 Å². The van der Waals surface area contributed by atoms with Gasteiger partial charge in [-0.15, -0.1) is 0 Å². The largest absolute Gasteiger partial charge is 0.481 e.